The number of amides is 2. The van der Waals surface area contributed by atoms with Gasteiger partial charge in [0, 0.05) is 35.8 Å². The fourth-order valence-electron chi connectivity index (χ4n) is 4.91. The summed E-state index contributed by atoms with van der Waals surface area (Å²) in [7, 11) is 1.44. The number of likely N-dealkylation sites (tertiary alicyclic amines) is 1. The van der Waals surface area contributed by atoms with Gasteiger partial charge in [-0.2, -0.15) is 5.10 Å². The van der Waals surface area contributed by atoms with Crippen LogP contribution in [0.2, 0.25) is 5.02 Å². The van der Waals surface area contributed by atoms with Gasteiger partial charge < -0.3 is 15.0 Å². The Morgan fingerprint density at radius 2 is 2.14 bits per heavy atom. The zero-order valence-electron chi connectivity index (χ0n) is 19.9. The number of aromatic amines is 1. The Hall–Kier alpha value is -3.53. The van der Waals surface area contributed by atoms with Crippen LogP contribution in [-0.4, -0.2) is 56.1 Å². The molecule has 1 aliphatic carbocycles. The summed E-state index contributed by atoms with van der Waals surface area (Å²) in [5.74, 6) is -0.793. The van der Waals surface area contributed by atoms with Crippen molar-refractivity contribution in [3.8, 4) is 17.1 Å². The van der Waals surface area contributed by atoms with Crippen LogP contribution in [0.4, 0.5) is 4.39 Å². The van der Waals surface area contributed by atoms with E-state index in [0.717, 1.165) is 19.0 Å². The summed E-state index contributed by atoms with van der Waals surface area (Å²) in [5.41, 5.74) is 1.03. The number of hydrogen-bond acceptors (Lipinski definition) is 6. The highest BCUT2D eigenvalue weighted by Gasteiger charge is 2.54. The zero-order chi connectivity index (χ0) is 25.4. The van der Waals surface area contributed by atoms with Crippen LogP contribution in [0.5, 0.6) is 5.88 Å². The topological polar surface area (TPSA) is 113 Å². The number of methoxy groups -OCH3 is 1. The molecule has 1 saturated heterocycles. The number of piperidine rings is 1. The van der Waals surface area contributed by atoms with Crippen LogP contribution in [-0.2, 0) is 4.79 Å². The number of rotatable bonds is 6. The summed E-state index contributed by atoms with van der Waals surface area (Å²) in [6.07, 6.45) is 5.50. The molecule has 1 spiro atoms. The SMILES string of the molecule is COc1cc(-c2cc(C(=O)N3CCC(C(=O)N[C@H](C)c4ncccc4Cl)CC34CC4)[nH]n2)c(F)cn1. The van der Waals surface area contributed by atoms with Crippen LogP contribution in [0.25, 0.3) is 11.3 Å². The molecule has 188 valence electrons. The van der Waals surface area contributed by atoms with Gasteiger partial charge in [0.1, 0.15) is 5.69 Å². The molecule has 2 fully saturated rings. The second kappa shape index (κ2) is 9.50. The molecule has 3 aromatic heterocycles. The molecule has 2 aliphatic rings. The predicted molar refractivity (Wildman–Crippen MR) is 130 cm³/mol. The number of aromatic nitrogens is 4. The van der Waals surface area contributed by atoms with Gasteiger partial charge in [0.05, 0.1) is 35.8 Å². The molecule has 1 unspecified atom stereocenters. The highest BCUT2D eigenvalue weighted by molar-refractivity contribution is 6.31. The number of carbonyl (C=O) groups excluding carboxylic acids is 2. The van der Waals surface area contributed by atoms with Crippen LogP contribution < -0.4 is 10.1 Å². The zero-order valence-corrected chi connectivity index (χ0v) is 20.7. The van der Waals surface area contributed by atoms with Gasteiger partial charge in [0.25, 0.3) is 5.91 Å². The molecular weight excluding hydrogens is 487 g/mol. The molecule has 0 radical (unpaired) electrons. The third kappa shape index (κ3) is 4.53. The Labute approximate surface area is 212 Å². The minimum absolute atomic E-state index is 0.0615. The van der Waals surface area contributed by atoms with Gasteiger partial charge in [-0.3, -0.25) is 19.7 Å². The van der Waals surface area contributed by atoms with E-state index < -0.39 is 5.82 Å². The molecule has 36 heavy (non-hydrogen) atoms. The van der Waals surface area contributed by atoms with Crippen molar-refractivity contribution in [2.24, 2.45) is 5.92 Å². The molecule has 4 heterocycles. The minimum atomic E-state index is -0.562. The summed E-state index contributed by atoms with van der Waals surface area (Å²) in [5, 5.41) is 10.4. The van der Waals surface area contributed by atoms with Gasteiger partial charge in [-0.1, -0.05) is 11.6 Å². The van der Waals surface area contributed by atoms with E-state index in [-0.39, 0.29) is 52.1 Å². The highest BCUT2D eigenvalue weighted by atomic mass is 35.5. The van der Waals surface area contributed by atoms with E-state index >= 15 is 0 Å². The van der Waals surface area contributed by atoms with E-state index in [2.05, 4.69) is 25.5 Å². The monoisotopic (exact) mass is 512 g/mol. The van der Waals surface area contributed by atoms with Crippen molar-refractivity contribution >= 4 is 23.4 Å². The minimum Gasteiger partial charge on any atom is -0.481 e. The number of H-pyrrole nitrogens is 1. The number of hydrogen-bond donors (Lipinski definition) is 2. The Balaban J connectivity index is 1.27. The van der Waals surface area contributed by atoms with Gasteiger partial charge in [-0.05, 0) is 50.8 Å². The number of pyridine rings is 2. The summed E-state index contributed by atoms with van der Waals surface area (Å²) in [6.45, 7) is 2.30. The largest absolute Gasteiger partial charge is 0.481 e. The summed E-state index contributed by atoms with van der Waals surface area (Å²) >= 11 is 6.22. The number of carbonyl (C=O) groups is 2. The average molecular weight is 513 g/mol. The van der Waals surface area contributed by atoms with Crippen LogP contribution >= 0.6 is 11.6 Å². The van der Waals surface area contributed by atoms with E-state index in [9.17, 15) is 14.0 Å². The van der Waals surface area contributed by atoms with Crippen molar-refractivity contribution in [2.75, 3.05) is 13.7 Å². The van der Waals surface area contributed by atoms with E-state index in [4.69, 9.17) is 16.3 Å². The summed E-state index contributed by atoms with van der Waals surface area (Å²) in [6, 6.07) is 6.14. The number of halogens is 2. The highest BCUT2D eigenvalue weighted by Crippen LogP contribution is 2.50. The van der Waals surface area contributed by atoms with Crippen LogP contribution in [0.3, 0.4) is 0 Å². The van der Waals surface area contributed by atoms with Gasteiger partial charge in [0.15, 0.2) is 5.82 Å². The molecule has 1 aliphatic heterocycles. The van der Waals surface area contributed by atoms with Crippen LogP contribution in [0.15, 0.2) is 36.7 Å². The summed E-state index contributed by atoms with van der Waals surface area (Å²) < 4.78 is 19.4. The molecular formula is C25H26ClFN6O3. The molecule has 2 N–H and O–H groups in total. The Kier molecular flexibility index (Phi) is 6.38. The fourth-order valence-corrected chi connectivity index (χ4v) is 5.20. The molecule has 1 saturated carbocycles. The fraction of sp³-hybridized carbons (Fsp3) is 0.400. The van der Waals surface area contributed by atoms with E-state index in [1.165, 1.54) is 19.2 Å². The van der Waals surface area contributed by atoms with Crippen molar-refractivity contribution in [2.45, 2.75) is 44.2 Å². The first kappa shape index (κ1) is 24.2. The van der Waals surface area contributed by atoms with E-state index in [1.807, 2.05) is 11.8 Å². The third-order valence-corrected chi connectivity index (χ3v) is 7.34. The lowest BCUT2D eigenvalue weighted by Gasteiger charge is -2.39. The Morgan fingerprint density at radius 3 is 2.86 bits per heavy atom. The van der Waals surface area contributed by atoms with Gasteiger partial charge in [-0.25, -0.2) is 9.37 Å². The van der Waals surface area contributed by atoms with Crippen molar-refractivity contribution in [3.05, 3.63) is 58.9 Å². The first-order valence-electron chi connectivity index (χ1n) is 11.8. The van der Waals surface area contributed by atoms with Crippen molar-refractivity contribution in [3.63, 3.8) is 0 Å². The molecule has 3 aromatic rings. The maximum atomic E-state index is 14.3. The molecule has 5 rings (SSSR count). The maximum absolute atomic E-state index is 14.3. The maximum Gasteiger partial charge on any atom is 0.272 e. The number of nitrogens with one attached hydrogen (secondary N) is 2. The van der Waals surface area contributed by atoms with Gasteiger partial charge in [0.2, 0.25) is 11.8 Å². The smallest absolute Gasteiger partial charge is 0.272 e. The third-order valence-electron chi connectivity index (χ3n) is 7.02. The van der Waals surface area contributed by atoms with E-state index in [1.54, 1.807) is 18.3 Å². The molecule has 0 bridgehead atoms. The first-order chi connectivity index (χ1) is 17.3. The first-order valence-corrected chi connectivity index (χ1v) is 12.2. The lowest BCUT2D eigenvalue weighted by molar-refractivity contribution is -0.128. The van der Waals surface area contributed by atoms with Crippen LogP contribution in [0.1, 0.15) is 54.8 Å². The Bertz CT molecular complexity index is 1310. The second-order valence-corrected chi connectivity index (χ2v) is 9.75. The average Bonchev–Trinajstić information content (AvgIpc) is 3.45. The Morgan fingerprint density at radius 1 is 1.33 bits per heavy atom. The van der Waals surface area contributed by atoms with Gasteiger partial charge in [-0.15, -0.1) is 0 Å². The molecule has 9 nitrogen and oxygen atoms in total. The standard InChI is InChI=1S/C25H26ClFN6O3/c1-14(22-17(26)4-3-8-28-22)30-23(34)15-5-9-33(25(12-15)6-7-25)24(35)20-11-19(31-32-20)16-10-21(36-2)29-13-18(16)27/h3-4,8,10-11,13-15H,5-7,9,12H2,1-2H3,(H,30,34)(H,31,32)/t14-,15?/m1/s1. The molecule has 0 aromatic carbocycles. The molecule has 2 atom stereocenters. The van der Waals surface area contributed by atoms with Crippen LogP contribution in [0, 0.1) is 11.7 Å². The van der Waals surface area contributed by atoms with Crippen molar-refractivity contribution < 1.29 is 18.7 Å². The predicted octanol–water partition coefficient (Wildman–Crippen LogP) is 3.93. The van der Waals surface area contributed by atoms with Crippen molar-refractivity contribution in [1.29, 1.82) is 0 Å². The molecule has 11 heteroatoms. The van der Waals surface area contributed by atoms with E-state index in [0.29, 0.717) is 30.1 Å². The number of nitrogens with zero attached hydrogens (tertiary/aromatic N) is 4. The second-order valence-electron chi connectivity index (χ2n) is 9.34. The quantitative estimate of drug-likeness (QED) is 0.517. The van der Waals surface area contributed by atoms with Crippen molar-refractivity contribution in [1.82, 2.24) is 30.4 Å². The number of ether oxygens (including phenoxy) is 1. The summed E-state index contributed by atoms with van der Waals surface area (Å²) in [4.78, 5) is 36.4. The normalized spacial score (nSPS) is 19.1. The van der Waals surface area contributed by atoms with Gasteiger partial charge >= 0.3 is 0 Å². The molecule has 2 amide bonds. The lowest BCUT2D eigenvalue weighted by Crippen LogP contribution is -2.51. The lowest BCUT2D eigenvalue weighted by atomic mass is 9.87.